The smallest absolute Gasteiger partial charge is 0.274 e. The van der Waals surface area contributed by atoms with Crippen LogP contribution in [0, 0.1) is 11.3 Å². The molecule has 0 bridgehead atoms. The molecule has 1 saturated heterocycles. The number of nitrogens with zero attached hydrogens (tertiary/aromatic N) is 7. The lowest BCUT2D eigenvalue weighted by molar-refractivity contribution is 0.102. The maximum absolute atomic E-state index is 12.7. The number of nitrogens with one attached hydrogen (secondary N) is 1. The number of amides is 1. The zero-order valence-electron chi connectivity index (χ0n) is 14.8. The maximum atomic E-state index is 12.7. The van der Waals surface area contributed by atoms with Crippen LogP contribution >= 0.6 is 0 Å². The highest BCUT2D eigenvalue weighted by molar-refractivity contribution is 6.04. The summed E-state index contributed by atoms with van der Waals surface area (Å²) in [6, 6.07) is 5.51. The topological polar surface area (TPSA) is 130 Å². The largest absolute Gasteiger partial charge is 0.338 e. The Morgan fingerprint density at radius 2 is 2.26 bits per heavy atom. The molecule has 1 fully saturated rings. The minimum absolute atomic E-state index is 0.0976. The summed E-state index contributed by atoms with van der Waals surface area (Å²) >= 11 is 0. The fraction of sp³-hybridized carbons (Fsp3) is 0.353. The van der Waals surface area contributed by atoms with Crippen LogP contribution in [0.15, 0.2) is 24.5 Å². The SMILES string of the molecule is Cn1cc(NC(=O)c2ccc3cnc(N4CCC[C@@H](N)C4)nn23)c(C#N)n1. The van der Waals surface area contributed by atoms with Gasteiger partial charge in [0, 0.05) is 32.4 Å². The zero-order valence-corrected chi connectivity index (χ0v) is 14.8. The molecule has 138 valence electrons. The molecule has 4 rings (SSSR count). The second kappa shape index (κ2) is 6.69. The Hall–Kier alpha value is -3.45. The second-order valence-corrected chi connectivity index (χ2v) is 6.59. The second-order valence-electron chi connectivity index (χ2n) is 6.59. The number of fused-ring (bicyclic) bond motifs is 1. The molecule has 27 heavy (non-hydrogen) atoms. The molecule has 0 radical (unpaired) electrons. The molecule has 3 aromatic heterocycles. The van der Waals surface area contributed by atoms with Gasteiger partial charge in [0.25, 0.3) is 5.91 Å². The lowest BCUT2D eigenvalue weighted by Gasteiger charge is -2.30. The Bertz CT molecular complexity index is 1040. The van der Waals surface area contributed by atoms with Crippen LogP contribution in [0.1, 0.15) is 29.0 Å². The van der Waals surface area contributed by atoms with Crippen molar-refractivity contribution in [3.63, 3.8) is 0 Å². The molecule has 4 heterocycles. The molecule has 1 atom stereocenters. The fourth-order valence-electron chi connectivity index (χ4n) is 3.25. The number of hydrogen-bond acceptors (Lipinski definition) is 7. The number of aryl methyl sites for hydroxylation is 1. The van der Waals surface area contributed by atoms with Crippen LogP contribution < -0.4 is 16.0 Å². The average Bonchev–Trinajstić information content (AvgIpc) is 3.24. The molecular formula is C17H19N9O. The average molecular weight is 365 g/mol. The van der Waals surface area contributed by atoms with Crippen molar-refractivity contribution in [2.45, 2.75) is 18.9 Å². The van der Waals surface area contributed by atoms with Gasteiger partial charge in [-0.3, -0.25) is 9.48 Å². The van der Waals surface area contributed by atoms with Crippen molar-refractivity contribution in [1.29, 1.82) is 5.26 Å². The molecule has 1 aliphatic rings. The molecule has 10 heteroatoms. The zero-order chi connectivity index (χ0) is 19.0. The molecule has 0 aliphatic carbocycles. The first kappa shape index (κ1) is 17.0. The number of nitrogens with two attached hydrogens (primary N) is 1. The van der Waals surface area contributed by atoms with Gasteiger partial charge < -0.3 is 16.0 Å². The van der Waals surface area contributed by atoms with Gasteiger partial charge in [-0.15, -0.1) is 5.10 Å². The third kappa shape index (κ3) is 3.20. The molecule has 3 N–H and O–H groups in total. The van der Waals surface area contributed by atoms with E-state index in [1.807, 2.05) is 11.0 Å². The van der Waals surface area contributed by atoms with E-state index in [1.54, 1.807) is 36.1 Å². The number of carbonyl (C=O) groups is 1. The Morgan fingerprint density at radius 1 is 1.41 bits per heavy atom. The lowest BCUT2D eigenvalue weighted by atomic mass is 10.1. The summed E-state index contributed by atoms with van der Waals surface area (Å²) in [5.74, 6) is 0.168. The fourth-order valence-corrected chi connectivity index (χ4v) is 3.25. The van der Waals surface area contributed by atoms with E-state index in [0.717, 1.165) is 19.4 Å². The van der Waals surface area contributed by atoms with Crippen LogP contribution in [0.4, 0.5) is 11.6 Å². The van der Waals surface area contributed by atoms with Gasteiger partial charge in [-0.25, -0.2) is 9.50 Å². The van der Waals surface area contributed by atoms with E-state index in [2.05, 4.69) is 20.5 Å². The molecule has 0 aromatic carbocycles. The normalized spacial score (nSPS) is 17.1. The molecule has 3 aromatic rings. The van der Waals surface area contributed by atoms with Gasteiger partial charge in [0.1, 0.15) is 11.8 Å². The number of rotatable bonds is 3. The molecule has 1 aliphatic heterocycles. The van der Waals surface area contributed by atoms with E-state index < -0.39 is 0 Å². The minimum Gasteiger partial charge on any atom is -0.338 e. The van der Waals surface area contributed by atoms with Gasteiger partial charge in [-0.1, -0.05) is 0 Å². The van der Waals surface area contributed by atoms with Gasteiger partial charge in [0.2, 0.25) is 5.95 Å². The predicted octanol–water partition coefficient (Wildman–Crippen LogP) is 0.514. The summed E-state index contributed by atoms with van der Waals surface area (Å²) in [7, 11) is 1.69. The summed E-state index contributed by atoms with van der Waals surface area (Å²) in [6.45, 7) is 1.53. The quantitative estimate of drug-likeness (QED) is 0.691. The van der Waals surface area contributed by atoms with Crippen molar-refractivity contribution >= 4 is 23.1 Å². The van der Waals surface area contributed by atoms with Crippen molar-refractivity contribution < 1.29 is 4.79 Å². The van der Waals surface area contributed by atoms with Crippen molar-refractivity contribution in [1.82, 2.24) is 24.4 Å². The van der Waals surface area contributed by atoms with E-state index in [9.17, 15) is 4.79 Å². The van der Waals surface area contributed by atoms with Crippen molar-refractivity contribution in [3.8, 4) is 6.07 Å². The van der Waals surface area contributed by atoms with E-state index >= 15 is 0 Å². The van der Waals surface area contributed by atoms with Gasteiger partial charge in [-0.05, 0) is 25.0 Å². The maximum Gasteiger partial charge on any atom is 0.274 e. The van der Waals surface area contributed by atoms with E-state index in [0.29, 0.717) is 29.4 Å². The summed E-state index contributed by atoms with van der Waals surface area (Å²) in [4.78, 5) is 19.2. The molecule has 0 unspecified atom stereocenters. The Morgan fingerprint density at radius 3 is 3.04 bits per heavy atom. The van der Waals surface area contributed by atoms with Gasteiger partial charge in [-0.2, -0.15) is 10.4 Å². The first-order chi connectivity index (χ1) is 13.0. The summed E-state index contributed by atoms with van der Waals surface area (Å²) < 4.78 is 3.03. The minimum atomic E-state index is -0.375. The summed E-state index contributed by atoms with van der Waals surface area (Å²) in [5, 5.41) is 20.4. The van der Waals surface area contributed by atoms with Crippen molar-refractivity contribution in [3.05, 3.63) is 35.9 Å². The molecular weight excluding hydrogens is 346 g/mol. The van der Waals surface area contributed by atoms with Crippen LogP contribution in [0.25, 0.3) is 5.52 Å². The number of hydrogen-bond donors (Lipinski definition) is 2. The number of aromatic nitrogens is 5. The van der Waals surface area contributed by atoms with Crippen molar-refractivity contribution in [2.75, 3.05) is 23.3 Å². The van der Waals surface area contributed by atoms with Gasteiger partial charge in [0.05, 0.1) is 17.4 Å². The third-order valence-corrected chi connectivity index (χ3v) is 4.54. The van der Waals surface area contributed by atoms with Crippen LogP contribution in [-0.2, 0) is 7.05 Å². The molecule has 1 amide bonds. The van der Waals surface area contributed by atoms with Crippen molar-refractivity contribution in [2.24, 2.45) is 12.8 Å². The number of nitriles is 1. The standard InChI is InChI=1S/C17H19N9O/c1-24-10-14(13(7-18)22-24)21-16(27)15-5-4-12-8-20-17(23-26(12)15)25-6-2-3-11(19)9-25/h4-5,8,10-11H,2-3,6,9,19H2,1H3,(H,21,27)/t11-/m1/s1. The molecule has 0 saturated carbocycles. The first-order valence-corrected chi connectivity index (χ1v) is 8.65. The third-order valence-electron chi connectivity index (χ3n) is 4.54. The van der Waals surface area contributed by atoms with Crippen LogP contribution in [0.3, 0.4) is 0 Å². The predicted molar refractivity (Wildman–Crippen MR) is 98.3 cm³/mol. The Balaban J connectivity index is 1.64. The lowest BCUT2D eigenvalue weighted by Crippen LogP contribution is -2.43. The number of carbonyl (C=O) groups excluding carboxylic acids is 1. The van der Waals surface area contributed by atoms with Crippen LogP contribution in [0.2, 0.25) is 0 Å². The van der Waals surface area contributed by atoms with Gasteiger partial charge in [0.15, 0.2) is 5.69 Å². The monoisotopic (exact) mass is 365 g/mol. The van der Waals surface area contributed by atoms with E-state index in [-0.39, 0.29) is 17.6 Å². The molecule has 0 spiro atoms. The Labute approximate surface area is 155 Å². The number of piperidine rings is 1. The Kier molecular flexibility index (Phi) is 4.21. The van der Waals surface area contributed by atoms with Gasteiger partial charge >= 0.3 is 0 Å². The summed E-state index contributed by atoms with van der Waals surface area (Å²) in [6.07, 6.45) is 5.24. The summed E-state index contributed by atoms with van der Waals surface area (Å²) in [5.41, 5.74) is 7.62. The highest BCUT2D eigenvalue weighted by Gasteiger charge is 2.21. The highest BCUT2D eigenvalue weighted by atomic mass is 16.2. The van der Waals surface area contributed by atoms with E-state index in [1.165, 1.54) is 4.68 Å². The molecule has 10 nitrogen and oxygen atoms in total. The van der Waals surface area contributed by atoms with Crippen LogP contribution in [0.5, 0.6) is 0 Å². The number of anilines is 2. The first-order valence-electron chi connectivity index (χ1n) is 8.65. The van der Waals surface area contributed by atoms with E-state index in [4.69, 9.17) is 11.0 Å². The van der Waals surface area contributed by atoms with Crippen LogP contribution in [-0.4, -0.2) is 49.4 Å². The highest BCUT2D eigenvalue weighted by Crippen LogP contribution is 2.18.